The number of ether oxygens (including phenoxy) is 3. The molecule has 0 unspecified atom stereocenters. The molecule has 1 heterocycles. The zero-order valence-corrected chi connectivity index (χ0v) is 20.7. The molecule has 1 aliphatic rings. The first-order chi connectivity index (χ1) is 16.4. The number of hydrogen-bond donors (Lipinski definition) is 1. The van der Waals surface area contributed by atoms with Gasteiger partial charge in [0.2, 0.25) is 0 Å². The summed E-state index contributed by atoms with van der Waals surface area (Å²) in [5.41, 5.74) is 2.28. The number of nitrogens with zero attached hydrogens (tertiary/aromatic N) is 1. The Kier molecular flexibility index (Phi) is 7.54. The smallest absolute Gasteiger partial charge is 0.264 e. The molecule has 6 nitrogen and oxygen atoms in total. The van der Waals surface area contributed by atoms with Crippen molar-refractivity contribution in [3.63, 3.8) is 0 Å². The number of thioether (sulfide) groups is 1. The lowest BCUT2D eigenvalue weighted by molar-refractivity contribution is -0.115. The van der Waals surface area contributed by atoms with Gasteiger partial charge in [0.15, 0.2) is 16.7 Å². The van der Waals surface area contributed by atoms with Gasteiger partial charge < -0.3 is 19.5 Å². The van der Waals surface area contributed by atoms with E-state index in [1.165, 1.54) is 23.9 Å². The van der Waals surface area contributed by atoms with E-state index < -0.39 is 0 Å². The van der Waals surface area contributed by atoms with Crippen LogP contribution in [0, 0.1) is 5.82 Å². The van der Waals surface area contributed by atoms with Crippen LogP contribution < -0.4 is 19.5 Å². The molecule has 9 heteroatoms. The summed E-state index contributed by atoms with van der Waals surface area (Å²) in [4.78, 5) is 17.5. The Balaban J connectivity index is 1.51. The maximum atomic E-state index is 13.1. The molecule has 0 saturated carbocycles. The lowest BCUT2D eigenvalue weighted by Crippen LogP contribution is -2.19. The monoisotopic (exact) mass is 542 g/mol. The average molecular weight is 543 g/mol. The van der Waals surface area contributed by atoms with Crippen LogP contribution in [-0.4, -0.2) is 25.3 Å². The maximum absolute atomic E-state index is 13.1. The molecule has 1 fully saturated rings. The van der Waals surface area contributed by atoms with Gasteiger partial charge in [-0.2, -0.15) is 0 Å². The summed E-state index contributed by atoms with van der Waals surface area (Å²) in [6, 6.07) is 16.9. The number of aliphatic imine (C=N–C) groups is 1. The lowest BCUT2D eigenvalue weighted by atomic mass is 10.1. The number of carbonyl (C=O) groups excluding carboxylic acids is 1. The number of hydrogen-bond acceptors (Lipinski definition) is 6. The minimum absolute atomic E-state index is 0.236. The second-order valence-electron chi connectivity index (χ2n) is 7.12. The van der Waals surface area contributed by atoms with Crippen LogP contribution in [0.4, 0.5) is 10.1 Å². The van der Waals surface area contributed by atoms with Gasteiger partial charge in [0.1, 0.15) is 18.2 Å². The molecular weight excluding hydrogens is 523 g/mol. The fraction of sp³-hybridized carbons (Fsp3) is 0.120. The zero-order chi connectivity index (χ0) is 24.1. The SMILES string of the molecule is COc1ccc(N=C2NC(=O)/C(=C\c3cc(OC)c(OCc4ccc(F)cc4)cc3Br)S2)cc1. The van der Waals surface area contributed by atoms with Crippen LogP contribution in [0.5, 0.6) is 17.2 Å². The second-order valence-corrected chi connectivity index (χ2v) is 9.00. The predicted molar refractivity (Wildman–Crippen MR) is 135 cm³/mol. The van der Waals surface area contributed by atoms with Crippen LogP contribution in [0.25, 0.3) is 6.08 Å². The van der Waals surface area contributed by atoms with Crippen LogP contribution in [0.2, 0.25) is 0 Å². The second kappa shape index (κ2) is 10.8. The Bertz CT molecular complexity index is 1260. The topological polar surface area (TPSA) is 69.2 Å². The quantitative estimate of drug-likeness (QED) is 0.366. The van der Waals surface area contributed by atoms with Gasteiger partial charge in [0.25, 0.3) is 5.91 Å². The van der Waals surface area contributed by atoms with Crippen LogP contribution in [-0.2, 0) is 11.4 Å². The molecular formula is C25H20BrFN2O4S. The minimum Gasteiger partial charge on any atom is -0.497 e. The molecule has 1 amide bonds. The zero-order valence-electron chi connectivity index (χ0n) is 18.3. The van der Waals surface area contributed by atoms with Gasteiger partial charge in [-0.3, -0.25) is 4.79 Å². The highest BCUT2D eigenvalue weighted by atomic mass is 79.9. The number of halogens is 2. The van der Waals surface area contributed by atoms with E-state index in [1.54, 1.807) is 56.7 Å². The third-order valence-corrected chi connectivity index (χ3v) is 6.43. The van der Waals surface area contributed by atoms with Crippen LogP contribution in [0.1, 0.15) is 11.1 Å². The van der Waals surface area contributed by atoms with Gasteiger partial charge in [-0.1, -0.05) is 28.1 Å². The van der Waals surface area contributed by atoms with Crippen molar-refractivity contribution in [3.8, 4) is 17.2 Å². The van der Waals surface area contributed by atoms with E-state index in [2.05, 4.69) is 26.2 Å². The molecule has 0 bridgehead atoms. The number of methoxy groups -OCH3 is 2. The molecule has 4 rings (SSSR count). The van der Waals surface area contributed by atoms with E-state index >= 15 is 0 Å². The van der Waals surface area contributed by atoms with Gasteiger partial charge in [-0.25, -0.2) is 9.38 Å². The predicted octanol–water partition coefficient (Wildman–Crippen LogP) is 6.08. The van der Waals surface area contributed by atoms with Crippen molar-refractivity contribution in [2.45, 2.75) is 6.61 Å². The largest absolute Gasteiger partial charge is 0.497 e. The molecule has 34 heavy (non-hydrogen) atoms. The number of carbonyl (C=O) groups is 1. The van der Waals surface area contributed by atoms with Crippen molar-refractivity contribution < 1.29 is 23.4 Å². The molecule has 174 valence electrons. The van der Waals surface area contributed by atoms with E-state index in [0.29, 0.717) is 27.3 Å². The van der Waals surface area contributed by atoms with E-state index in [4.69, 9.17) is 14.2 Å². The maximum Gasteiger partial charge on any atom is 0.264 e. The van der Waals surface area contributed by atoms with Crippen molar-refractivity contribution in [3.05, 3.63) is 87.0 Å². The van der Waals surface area contributed by atoms with Gasteiger partial charge in [0.05, 0.1) is 24.8 Å². The highest BCUT2D eigenvalue weighted by Gasteiger charge is 2.24. The van der Waals surface area contributed by atoms with Gasteiger partial charge in [0, 0.05) is 4.47 Å². The first-order valence-corrected chi connectivity index (χ1v) is 11.7. The van der Waals surface area contributed by atoms with Crippen LogP contribution in [0.3, 0.4) is 0 Å². The highest BCUT2D eigenvalue weighted by Crippen LogP contribution is 2.37. The molecule has 0 aliphatic carbocycles. The fourth-order valence-electron chi connectivity index (χ4n) is 3.07. The molecule has 1 saturated heterocycles. The van der Waals surface area contributed by atoms with Gasteiger partial charge in [-0.05, 0) is 77.5 Å². The van der Waals surface area contributed by atoms with Crippen LogP contribution >= 0.6 is 27.7 Å². The molecule has 0 radical (unpaired) electrons. The number of amidine groups is 1. The molecule has 1 N–H and O–H groups in total. The van der Waals surface area contributed by atoms with E-state index in [1.807, 2.05) is 12.1 Å². The van der Waals surface area contributed by atoms with Gasteiger partial charge >= 0.3 is 0 Å². The van der Waals surface area contributed by atoms with E-state index in [-0.39, 0.29) is 18.3 Å². The molecule has 0 spiro atoms. The van der Waals surface area contributed by atoms with Crippen molar-refractivity contribution in [2.75, 3.05) is 14.2 Å². The number of benzene rings is 3. The Hall–Kier alpha value is -3.30. The molecule has 3 aromatic rings. The summed E-state index contributed by atoms with van der Waals surface area (Å²) in [5.74, 6) is 1.22. The number of nitrogens with one attached hydrogen (secondary N) is 1. The third-order valence-electron chi connectivity index (χ3n) is 4.83. The standard InChI is InChI=1S/C25H20BrFN2O4S/c1-31-19-9-7-18(8-10-19)28-25-29-24(30)23(34-25)12-16-11-21(32-2)22(13-20(16)26)33-14-15-3-5-17(27)6-4-15/h3-13H,14H2,1-2H3,(H,28,29,30)/b23-12+. The minimum atomic E-state index is -0.299. The first kappa shape index (κ1) is 23.8. The van der Waals surface area contributed by atoms with E-state index in [9.17, 15) is 9.18 Å². The fourth-order valence-corrected chi connectivity index (χ4v) is 4.34. The highest BCUT2D eigenvalue weighted by molar-refractivity contribution is 9.10. The summed E-state index contributed by atoms with van der Waals surface area (Å²) < 4.78 is 30.3. The number of rotatable bonds is 7. The van der Waals surface area contributed by atoms with Crippen LogP contribution in [0.15, 0.2) is 75.0 Å². The normalized spacial score (nSPS) is 15.5. The molecule has 3 aromatic carbocycles. The van der Waals surface area contributed by atoms with Gasteiger partial charge in [-0.15, -0.1) is 0 Å². The Morgan fingerprint density at radius 1 is 1.03 bits per heavy atom. The molecule has 1 aliphatic heterocycles. The summed E-state index contributed by atoms with van der Waals surface area (Å²) >= 11 is 4.79. The Morgan fingerprint density at radius 2 is 1.76 bits per heavy atom. The van der Waals surface area contributed by atoms with Crippen molar-refractivity contribution in [1.29, 1.82) is 0 Å². The summed E-state index contributed by atoms with van der Waals surface area (Å²) in [5, 5.41) is 3.27. The van der Waals surface area contributed by atoms with Crippen molar-refractivity contribution in [1.82, 2.24) is 5.32 Å². The molecule has 0 atom stereocenters. The Morgan fingerprint density at radius 3 is 2.44 bits per heavy atom. The summed E-state index contributed by atoms with van der Waals surface area (Å²) in [6.07, 6.45) is 1.76. The summed E-state index contributed by atoms with van der Waals surface area (Å²) in [7, 11) is 3.14. The summed E-state index contributed by atoms with van der Waals surface area (Å²) in [6.45, 7) is 0.257. The number of amides is 1. The Labute approximate surface area is 209 Å². The first-order valence-electron chi connectivity index (χ1n) is 10.1. The van der Waals surface area contributed by atoms with Crippen molar-refractivity contribution in [2.24, 2.45) is 4.99 Å². The van der Waals surface area contributed by atoms with E-state index in [0.717, 1.165) is 21.3 Å². The lowest BCUT2D eigenvalue weighted by Gasteiger charge is -2.13. The van der Waals surface area contributed by atoms with Crippen molar-refractivity contribution >= 4 is 50.5 Å². The average Bonchev–Trinajstić information content (AvgIpc) is 3.18. The molecule has 0 aromatic heterocycles. The third kappa shape index (κ3) is 5.78.